The van der Waals surface area contributed by atoms with E-state index in [0.29, 0.717) is 13.1 Å². The molecular weight excluding hydrogens is 686 g/mol. The third kappa shape index (κ3) is 12.0. The molecule has 13 heteroatoms. The summed E-state index contributed by atoms with van der Waals surface area (Å²) in [5.41, 5.74) is 3.41. The highest BCUT2D eigenvalue weighted by molar-refractivity contribution is 5.88. The molecule has 0 fully saturated rings. The minimum atomic E-state index is -0.699. The smallest absolute Gasteiger partial charge is 0.408 e. The largest absolute Gasteiger partial charge is 0.445 e. The third-order valence-corrected chi connectivity index (χ3v) is 8.72. The maximum atomic E-state index is 13.2. The molecule has 5 aromatic rings. The second-order valence-corrected chi connectivity index (χ2v) is 13.9. The number of carbonyl (C=O) groups is 4. The van der Waals surface area contributed by atoms with Gasteiger partial charge in [-0.1, -0.05) is 94.4 Å². The summed E-state index contributed by atoms with van der Waals surface area (Å²) in [5.74, 6) is -0.511. The van der Waals surface area contributed by atoms with E-state index in [0.717, 1.165) is 22.5 Å². The van der Waals surface area contributed by atoms with Crippen LogP contribution >= 0.6 is 0 Å². The lowest BCUT2D eigenvalue weighted by Crippen LogP contribution is -2.46. The van der Waals surface area contributed by atoms with Crippen molar-refractivity contribution in [1.82, 2.24) is 24.8 Å². The molecule has 13 nitrogen and oxygen atoms in total. The van der Waals surface area contributed by atoms with Crippen molar-refractivity contribution in [3.8, 4) is 0 Å². The number of nitrogens with one attached hydrogen (secondary N) is 2. The number of hydrogen-bond donors (Lipinski definition) is 2. The number of amides is 2. The summed E-state index contributed by atoms with van der Waals surface area (Å²) >= 11 is 0. The predicted molar refractivity (Wildman–Crippen MR) is 198 cm³/mol. The van der Waals surface area contributed by atoms with Crippen LogP contribution in [0.15, 0.2) is 116 Å². The molecule has 0 aliphatic rings. The first-order valence-electron chi connectivity index (χ1n) is 18.1. The van der Waals surface area contributed by atoms with E-state index in [1.165, 1.54) is 0 Å². The first kappa shape index (κ1) is 39.1. The standard InChI is InChI=1S/C41H47N7O6/c1-30(2)38(43-40(51)53-26-32-12-7-5-8-13-32)36(49)24-47-20-18-45(28-47)22-34-16-11-17-35(42-34)23-46-19-21-48(29-46)25-37(50)39(31(3)4)44-41(52)54-27-33-14-9-6-10-15-33/h5-21,28-31,38-39H,22-27H2,1-4H3/p+2/t38-,39-/m0/s1. The number of Topliss-reactive ketones (excluding diaryl/α,β-unsaturated/α-hetero) is 2. The van der Waals surface area contributed by atoms with Gasteiger partial charge in [-0.3, -0.25) is 9.59 Å². The highest BCUT2D eigenvalue weighted by Gasteiger charge is 2.28. The summed E-state index contributed by atoms with van der Waals surface area (Å²) in [6.45, 7) is 8.94. The molecule has 0 radical (unpaired) electrons. The fourth-order valence-corrected chi connectivity index (χ4v) is 5.91. The summed E-state index contributed by atoms with van der Waals surface area (Å²) in [5, 5.41) is 5.47. The number of alkyl carbamates (subject to hydrolysis) is 2. The van der Waals surface area contributed by atoms with E-state index in [4.69, 9.17) is 14.5 Å². The molecule has 0 unspecified atom stereocenters. The summed E-state index contributed by atoms with van der Waals surface area (Å²) < 4.78 is 18.1. The van der Waals surface area contributed by atoms with Crippen LogP contribution < -0.4 is 19.8 Å². The van der Waals surface area contributed by atoms with E-state index in [1.54, 1.807) is 9.13 Å². The molecule has 282 valence electrons. The zero-order valence-corrected chi connectivity index (χ0v) is 31.2. The third-order valence-electron chi connectivity index (χ3n) is 8.72. The molecule has 3 aromatic heterocycles. The van der Waals surface area contributed by atoms with Crippen molar-refractivity contribution in [3.05, 3.63) is 139 Å². The topological polar surface area (TPSA) is 141 Å². The lowest BCUT2D eigenvalue weighted by atomic mass is 10.00. The van der Waals surface area contributed by atoms with Crippen molar-refractivity contribution in [3.63, 3.8) is 0 Å². The Morgan fingerprint density at radius 3 is 1.41 bits per heavy atom. The second-order valence-electron chi connectivity index (χ2n) is 13.9. The molecule has 2 atom stereocenters. The number of hydrogen-bond acceptors (Lipinski definition) is 7. The second kappa shape index (κ2) is 19.1. The lowest BCUT2D eigenvalue weighted by Gasteiger charge is -2.20. The van der Waals surface area contributed by atoms with Crippen LogP contribution in [0.5, 0.6) is 0 Å². The van der Waals surface area contributed by atoms with Gasteiger partial charge in [-0.05, 0) is 35.1 Å². The van der Waals surface area contributed by atoms with Gasteiger partial charge in [-0.25, -0.2) is 32.8 Å². The molecule has 0 saturated heterocycles. The van der Waals surface area contributed by atoms with E-state index in [-0.39, 0.29) is 49.7 Å². The van der Waals surface area contributed by atoms with E-state index < -0.39 is 24.3 Å². The molecular formula is C41H49N7O6+2. The Kier molecular flexibility index (Phi) is 13.8. The molecule has 2 amide bonds. The van der Waals surface area contributed by atoms with E-state index in [9.17, 15) is 19.2 Å². The normalized spacial score (nSPS) is 12.3. The quantitative estimate of drug-likeness (QED) is 0.127. The number of benzene rings is 2. The fraction of sp³-hybridized carbons (Fsp3) is 0.341. The Balaban J connectivity index is 1.10. The maximum absolute atomic E-state index is 13.2. The minimum Gasteiger partial charge on any atom is -0.445 e. The van der Waals surface area contributed by atoms with Crippen LogP contribution in [0, 0.1) is 11.8 Å². The van der Waals surface area contributed by atoms with Gasteiger partial charge < -0.3 is 20.1 Å². The maximum Gasteiger partial charge on any atom is 0.408 e. The molecule has 0 spiro atoms. The van der Waals surface area contributed by atoms with Crippen molar-refractivity contribution < 1.29 is 37.8 Å². The van der Waals surface area contributed by atoms with Crippen LogP contribution in [0.25, 0.3) is 0 Å². The summed E-state index contributed by atoms with van der Waals surface area (Å²) in [4.78, 5) is 56.2. The van der Waals surface area contributed by atoms with Crippen LogP contribution in [0.4, 0.5) is 9.59 Å². The number of ketones is 2. The average Bonchev–Trinajstić information content (AvgIpc) is 3.80. The van der Waals surface area contributed by atoms with Gasteiger partial charge in [0.2, 0.25) is 12.7 Å². The Morgan fingerprint density at radius 2 is 1.02 bits per heavy atom. The van der Waals surface area contributed by atoms with Gasteiger partial charge in [0, 0.05) is 0 Å². The number of carbonyl (C=O) groups excluding carboxylic acids is 4. The van der Waals surface area contributed by atoms with Gasteiger partial charge in [0.15, 0.2) is 24.7 Å². The molecule has 2 N–H and O–H groups in total. The summed E-state index contributed by atoms with van der Waals surface area (Å²) in [6, 6.07) is 23.2. The lowest BCUT2D eigenvalue weighted by molar-refractivity contribution is -0.689. The average molecular weight is 736 g/mol. The van der Waals surface area contributed by atoms with Crippen LogP contribution in [0.2, 0.25) is 0 Å². The molecule has 3 heterocycles. The van der Waals surface area contributed by atoms with Gasteiger partial charge in [-0.2, -0.15) is 0 Å². The molecule has 0 saturated carbocycles. The zero-order valence-electron chi connectivity index (χ0n) is 31.2. The van der Waals surface area contributed by atoms with Crippen LogP contribution in [-0.2, 0) is 58.5 Å². The monoisotopic (exact) mass is 735 g/mol. The van der Waals surface area contributed by atoms with Crippen molar-refractivity contribution in [2.45, 2.75) is 79.2 Å². The van der Waals surface area contributed by atoms with E-state index in [1.807, 2.05) is 153 Å². The summed E-state index contributed by atoms with van der Waals surface area (Å²) in [7, 11) is 0. The summed E-state index contributed by atoms with van der Waals surface area (Å²) in [6.07, 6.45) is 9.81. The minimum absolute atomic E-state index is 0.0880. The van der Waals surface area contributed by atoms with Crippen molar-refractivity contribution in [2.24, 2.45) is 11.8 Å². The number of aromatic nitrogens is 5. The molecule has 0 aliphatic carbocycles. The van der Waals surface area contributed by atoms with Crippen LogP contribution in [-0.4, -0.2) is 50.0 Å². The van der Waals surface area contributed by atoms with Gasteiger partial charge in [0.1, 0.15) is 51.1 Å². The van der Waals surface area contributed by atoms with Crippen molar-refractivity contribution in [1.29, 1.82) is 0 Å². The molecule has 0 bridgehead atoms. The predicted octanol–water partition coefficient (Wildman–Crippen LogP) is 4.40. The Bertz CT molecular complexity index is 1850. The fourth-order valence-electron chi connectivity index (χ4n) is 5.91. The first-order valence-corrected chi connectivity index (χ1v) is 18.1. The van der Waals surface area contributed by atoms with E-state index in [2.05, 4.69) is 10.6 Å². The van der Waals surface area contributed by atoms with Crippen molar-refractivity contribution >= 4 is 23.8 Å². The van der Waals surface area contributed by atoms with Crippen LogP contribution in [0.3, 0.4) is 0 Å². The number of ether oxygens (including phenoxy) is 2. The van der Waals surface area contributed by atoms with Crippen LogP contribution in [0.1, 0.15) is 50.2 Å². The van der Waals surface area contributed by atoms with Gasteiger partial charge >= 0.3 is 12.2 Å². The van der Waals surface area contributed by atoms with Gasteiger partial charge in [-0.15, -0.1) is 0 Å². The Labute approximate surface area is 315 Å². The molecule has 2 aromatic carbocycles. The molecule has 5 rings (SSSR count). The Hall–Kier alpha value is -6.11. The highest BCUT2D eigenvalue weighted by atomic mass is 16.6. The van der Waals surface area contributed by atoms with Crippen molar-refractivity contribution in [2.75, 3.05) is 0 Å². The number of nitrogens with zero attached hydrogens (tertiary/aromatic N) is 5. The van der Waals surface area contributed by atoms with Gasteiger partial charge in [0.25, 0.3) is 0 Å². The molecule has 54 heavy (non-hydrogen) atoms. The SMILES string of the molecule is CC(C)[C@H](NC(=O)OCc1ccccc1)C(=O)Cn1cc[n+](Cc2cccc(C[n+]3ccn(CC(=O)[C@@H](NC(=O)OCc4ccccc4)C(C)C)c3)n2)c1. The number of imidazole rings is 2. The molecule has 0 aliphatic heterocycles. The highest BCUT2D eigenvalue weighted by Crippen LogP contribution is 2.09. The van der Waals surface area contributed by atoms with E-state index >= 15 is 0 Å². The number of pyridine rings is 1. The Morgan fingerprint density at radius 1 is 0.611 bits per heavy atom. The zero-order chi connectivity index (χ0) is 38.5. The first-order chi connectivity index (χ1) is 26.0. The number of rotatable bonds is 18. The van der Waals surface area contributed by atoms with Gasteiger partial charge in [0.05, 0.1) is 23.5 Å².